The van der Waals surface area contributed by atoms with Crippen LogP contribution in [0.2, 0.25) is 0 Å². The number of allylic oxidation sites excluding steroid dienone is 1. The summed E-state index contributed by atoms with van der Waals surface area (Å²) in [4.78, 5) is 4.42. The van der Waals surface area contributed by atoms with E-state index in [9.17, 15) is 4.39 Å². The zero-order chi connectivity index (χ0) is 20.4. The third kappa shape index (κ3) is 8.21. The van der Waals surface area contributed by atoms with E-state index in [0.717, 1.165) is 49.2 Å². The van der Waals surface area contributed by atoms with Crippen molar-refractivity contribution in [3.8, 4) is 0 Å². The molecule has 3 heteroatoms. The lowest BCUT2D eigenvalue weighted by molar-refractivity contribution is 0.103. The zero-order valence-corrected chi connectivity index (χ0v) is 17.8. The summed E-state index contributed by atoms with van der Waals surface area (Å²) in [5.41, 5.74) is 2.83. The van der Waals surface area contributed by atoms with Gasteiger partial charge in [0.15, 0.2) is 0 Å². The standard InChI is InChI=1S/C24H36FNO/c1-8-16-27-17-18(3)10-11-19(4)21-12-14-22(15-13-21)20(5)26-23(9-2)24(6,7)25/h12-15,18H,4-5,8-11,16-17H2,1-3,6-7H3. The van der Waals surface area contributed by atoms with Gasteiger partial charge in [-0.25, -0.2) is 4.39 Å². The second-order valence-electron chi connectivity index (χ2n) is 7.73. The lowest BCUT2D eigenvalue weighted by atomic mass is 9.96. The molecule has 0 radical (unpaired) electrons. The Hall–Kier alpha value is -1.74. The fraction of sp³-hybridized carbons (Fsp3) is 0.542. The maximum Gasteiger partial charge on any atom is 0.143 e. The van der Waals surface area contributed by atoms with Crippen LogP contribution >= 0.6 is 0 Å². The van der Waals surface area contributed by atoms with Gasteiger partial charge in [-0.2, -0.15) is 0 Å². The van der Waals surface area contributed by atoms with E-state index in [2.05, 4.69) is 32.0 Å². The first-order valence-corrected chi connectivity index (χ1v) is 10.0. The molecule has 150 valence electrons. The van der Waals surface area contributed by atoms with Crippen LogP contribution in [0.25, 0.3) is 11.3 Å². The van der Waals surface area contributed by atoms with Gasteiger partial charge in [-0.3, -0.25) is 4.99 Å². The van der Waals surface area contributed by atoms with Crippen LogP contribution < -0.4 is 0 Å². The number of benzene rings is 1. The van der Waals surface area contributed by atoms with E-state index in [-0.39, 0.29) is 0 Å². The molecule has 1 aromatic carbocycles. The number of ether oxygens (including phenoxy) is 1. The Morgan fingerprint density at radius 2 is 1.74 bits per heavy atom. The molecule has 0 amide bonds. The summed E-state index contributed by atoms with van der Waals surface area (Å²) in [7, 11) is 0. The van der Waals surface area contributed by atoms with Crippen molar-refractivity contribution >= 4 is 17.0 Å². The predicted molar refractivity (Wildman–Crippen MR) is 117 cm³/mol. The summed E-state index contributed by atoms with van der Waals surface area (Å²) in [6.45, 7) is 19.2. The van der Waals surface area contributed by atoms with Crippen molar-refractivity contribution in [2.75, 3.05) is 13.2 Å². The molecule has 0 aliphatic carbocycles. The van der Waals surface area contributed by atoms with Crippen molar-refractivity contribution in [1.82, 2.24) is 0 Å². The Morgan fingerprint density at radius 1 is 1.15 bits per heavy atom. The van der Waals surface area contributed by atoms with Crippen LogP contribution in [0.5, 0.6) is 0 Å². The summed E-state index contributed by atoms with van der Waals surface area (Å²) in [6.07, 6.45) is 3.64. The van der Waals surface area contributed by atoms with Gasteiger partial charge < -0.3 is 4.74 Å². The van der Waals surface area contributed by atoms with Crippen molar-refractivity contribution in [3.63, 3.8) is 0 Å². The Kier molecular flexibility index (Phi) is 9.65. The first-order valence-electron chi connectivity index (χ1n) is 10.0. The first kappa shape index (κ1) is 23.3. The monoisotopic (exact) mass is 373 g/mol. The molecule has 0 spiro atoms. The maximum atomic E-state index is 14.2. The Labute approximate surface area is 165 Å². The fourth-order valence-electron chi connectivity index (χ4n) is 2.84. The second-order valence-corrected chi connectivity index (χ2v) is 7.73. The van der Waals surface area contributed by atoms with Crippen LogP contribution in [0.15, 0.2) is 42.4 Å². The van der Waals surface area contributed by atoms with E-state index in [4.69, 9.17) is 4.74 Å². The lowest BCUT2D eigenvalue weighted by Gasteiger charge is -2.17. The normalized spacial score (nSPS) is 13.5. The van der Waals surface area contributed by atoms with Gasteiger partial charge >= 0.3 is 0 Å². The van der Waals surface area contributed by atoms with Crippen LogP contribution in [0, 0.1) is 5.92 Å². The molecule has 0 N–H and O–H groups in total. The van der Waals surface area contributed by atoms with E-state index in [1.165, 1.54) is 13.8 Å². The molecule has 0 saturated heterocycles. The van der Waals surface area contributed by atoms with E-state index >= 15 is 0 Å². The third-order valence-electron chi connectivity index (χ3n) is 4.61. The molecule has 0 fully saturated rings. The number of hydrogen-bond acceptors (Lipinski definition) is 2. The number of hydrogen-bond donors (Lipinski definition) is 0. The predicted octanol–water partition coefficient (Wildman–Crippen LogP) is 7.11. The lowest BCUT2D eigenvalue weighted by Crippen LogP contribution is -2.25. The molecule has 1 unspecified atom stereocenters. The molecule has 0 aliphatic rings. The number of aliphatic imine (C=N–C) groups is 1. The van der Waals surface area contributed by atoms with E-state index < -0.39 is 5.67 Å². The minimum Gasteiger partial charge on any atom is -0.381 e. The smallest absolute Gasteiger partial charge is 0.143 e. The van der Waals surface area contributed by atoms with E-state index in [1.807, 2.05) is 31.2 Å². The molecule has 1 rings (SSSR count). The summed E-state index contributed by atoms with van der Waals surface area (Å²) in [5.74, 6) is 0.526. The molecular formula is C24H36FNO. The molecule has 2 nitrogen and oxygen atoms in total. The summed E-state index contributed by atoms with van der Waals surface area (Å²) in [5, 5.41) is 0. The zero-order valence-electron chi connectivity index (χ0n) is 17.8. The second kappa shape index (κ2) is 11.2. The molecule has 0 bridgehead atoms. The Bertz CT molecular complexity index is 637. The SMILES string of the molecule is C=C(CCC(C)COCCC)c1ccc(C(=C)N=C(CC)C(C)(C)F)cc1. The van der Waals surface area contributed by atoms with Crippen molar-refractivity contribution in [1.29, 1.82) is 0 Å². The number of alkyl halides is 1. The average molecular weight is 374 g/mol. The Balaban J connectivity index is 2.66. The highest BCUT2D eigenvalue weighted by Gasteiger charge is 2.22. The summed E-state index contributed by atoms with van der Waals surface area (Å²) in [6, 6.07) is 8.06. The number of rotatable bonds is 12. The van der Waals surface area contributed by atoms with Gasteiger partial charge in [-0.1, -0.05) is 58.2 Å². The van der Waals surface area contributed by atoms with Gasteiger partial charge in [0, 0.05) is 13.2 Å². The van der Waals surface area contributed by atoms with Gasteiger partial charge in [0.25, 0.3) is 0 Å². The number of halogens is 1. The van der Waals surface area contributed by atoms with Crippen LogP contribution in [0.4, 0.5) is 4.39 Å². The highest BCUT2D eigenvalue weighted by atomic mass is 19.1. The highest BCUT2D eigenvalue weighted by Crippen LogP contribution is 2.24. The van der Waals surface area contributed by atoms with Gasteiger partial charge in [-0.15, -0.1) is 0 Å². The summed E-state index contributed by atoms with van der Waals surface area (Å²) >= 11 is 0. The first-order chi connectivity index (χ1) is 12.7. The van der Waals surface area contributed by atoms with Crippen LogP contribution in [0.3, 0.4) is 0 Å². The van der Waals surface area contributed by atoms with Crippen LogP contribution in [-0.4, -0.2) is 24.6 Å². The van der Waals surface area contributed by atoms with E-state index in [0.29, 0.717) is 23.7 Å². The third-order valence-corrected chi connectivity index (χ3v) is 4.61. The maximum absolute atomic E-state index is 14.2. The Morgan fingerprint density at radius 3 is 2.26 bits per heavy atom. The fourth-order valence-corrected chi connectivity index (χ4v) is 2.84. The average Bonchev–Trinajstić information content (AvgIpc) is 2.63. The molecule has 1 aromatic rings. The van der Waals surface area contributed by atoms with Gasteiger partial charge in [0.1, 0.15) is 5.67 Å². The molecule has 27 heavy (non-hydrogen) atoms. The van der Waals surface area contributed by atoms with E-state index in [1.54, 1.807) is 0 Å². The molecule has 0 saturated carbocycles. The molecule has 0 heterocycles. The van der Waals surface area contributed by atoms with Crippen LogP contribution in [0.1, 0.15) is 71.4 Å². The quantitative estimate of drug-likeness (QED) is 0.282. The summed E-state index contributed by atoms with van der Waals surface area (Å²) < 4.78 is 19.8. The van der Waals surface area contributed by atoms with Crippen molar-refractivity contribution in [2.45, 2.75) is 66.0 Å². The molecular weight excluding hydrogens is 337 g/mol. The van der Waals surface area contributed by atoms with Gasteiger partial charge in [0.2, 0.25) is 0 Å². The highest BCUT2D eigenvalue weighted by molar-refractivity contribution is 5.95. The molecule has 0 aromatic heterocycles. The molecule has 0 aliphatic heterocycles. The van der Waals surface area contributed by atoms with Crippen LogP contribution in [-0.2, 0) is 4.74 Å². The minimum absolute atomic E-state index is 0.514. The topological polar surface area (TPSA) is 21.6 Å². The largest absolute Gasteiger partial charge is 0.381 e. The van der Waals surface area contributed by atoms with Crippen molar-refractivity contribution in [2.24, 2.45) is 10.9 Å². The van der Waals surface area contributed by atoms with Gasteiger partial charge in [0.05, 0.1) is 11.4 Å². The molecule has 1 atom stereocenters. The number of nitrogens with zero attached hydrogens (tertiary/aromatic N) is 1. The minimum atomic E-state index is -1.43. The van der Waals surface area contributed by atoms with Gasteiger partial charge in [-0.05, 0) is 62.1 Å². The van der Waals surface area contributed by atoms with Crippen molar-refractivity contribution < 1.29 is 9.13 Å². The van der Waals surface area contributed by atoms with Crippen molar-refractivity contribution in [3.05, 3.63) is 48.6 Å².